The van der Waals surface area contributed by atoms with Crippen LogP contribution in [0.1, 0.15) is 36.8 Å². The van der Waals surface area contributed by atoms with E-state index in [1.807, 2.05) is 19.1 Å². The van der Waals surface area contributed by atoms with Gasteiger partial charge in [0.05, 0.1) is 11.6 Å². The molecule has 1 aromatic carbocycles. The highest BCUT2D eigenvalue weighted by Crippen LogP contribution is 2.19. The van der Waals surface area contributed by atoms with E-state index >= 15 is 0 Å². The maximum Gasteiger partial charge on any atom is 0.133 e. The Bertz CT molecular complexity index is 806. The SMILES string of the molecule is Cc1cc(N2CCN(CCOc3cccc(C#N)c3)CC2)nc(C(C)C)n1. The predicted octanol–water partition coefficient (Wildman–Crippen LogP) is 2.98. The number of aromatic nitrogens is 2. The van der Waals surface area contributed by atoms with Gasteiger partial charge in [-0.25, -0.2) is 9.97 Å². The van der Waals surface area contributed by atoms with Gasteiger partial charge in [0.25, 0.3) is 0 Å². The molecule has 0 spiro atoms. The molecule has 6 nitrogen and oxygen atoms in total. The Morgan fingerprint density at radius 2 is 1.93 bits per heavy atom. The summed E-state index contributed by atoms with van der Waals surface area (Å²) in [5.74, 6) is 3.04. The maximum atomic E-state index is 8.95. The zero-order valence-electron chi connectivity index (χ0n) is 16.4. The average Bonchev–Trinajstić information content (AvgIpc) is 2.68. The van der Waals surface area contributed by atoms with Crippen molar-refractivity contribution in [3.05, 3.63) is 47.4 Å². The second kappa shape index (κ2) is 8.83. The molecule has 0 bridgehead atoms. The summed E-state index contributed by atoms with van der Waals surface area (Å²) in [5, 5.41) is 8.95. The van der Waals surface area contributed by atoms with Crippen molar-refractivity contribution in [2.75, 3.05) is 44.2 Å². The van der Waals surface area contributed by atoms with Gasteiger partial charge in [0.1, 0.15) is 24.0 Å². The molecule has 142 valence electrons. The molecule has 6 heteroatoms. The van der Waals surface area contributed by atoms with Crippen molar-refractivity contribution in [2.24, 2.45) is 0 Å². The Morgan fingerprint density at radius 3 is 2.63 bits per heavy atom. The molecule has 2 heterocycles. The summed E-state index contributed by atoms with van der Waals surface area (Å²) in [7, 11) is 0. The van der Waals surface area contributed by atoms with E-state index in [-0.39, 0.29) is 0 Å². The summed E-state index contributed by atoms with van der Waals surface area (Å²) in [6.45, 7) is 11.7. The van der Waals surface area contributed by atoms with Crippen LogP contribution in [0.3, 0.4) is 0 Å². The lowest BCUT2D eigenvalue weighted by Crippen LogP contribution is -2.47. The molecule has 3 rings (SSSR count). The molecule has 2 aromatic rings. The van der Waals surface area contributed by atoms with Gasteiger partial charge < -0.3 is 9.64 Å². The minimum Gasteiger partial charge on any atom is -0.492 e. The number of benzene rings is 1. The lowest BCUT2D eigenvalue weighted by molar-refractivity contribution is 0.200. The fourth-order valence-corrected chi connectivity index (χ4v) is 3.14. The number of ether oxygens (including phenoxy) is 1. The molecule has 0 amide bonds. The Morgan fingerprint density at radius 1 is 1.15 bits per heavy atom. The Labute approximate surface area is 161 Å². The van der Waals surface area contributed by atoms with Crippen LogP contribution in [-0.2, 0) is 0 Å². The van der Waals surface area contributed by atoms with Crippen LogP contribution in [-0.4, -0.2) is 54.2 Å². The molecule has 1 fully saturated rings. The third-order valence-corrected chi connectivity index (χ3v) is 4.71. The van der Waals surface area contributed by atoms with Crippen molar-refractivity contribution >= 4 is 5.82 Å². The van der Waals surface area contributed by atoms with Gasteiger partial charge >= 0.3 is 0 Å². The average molecular weight is 365 g/mol. The summed E-state index contributed by atoms with van der Waals surface area (Å²) in [5.41, 5.74) is 1.65. The van der Waals surface area contributed by atoms with Gasteiger partial charge in [0, 0.05) is 50.4 Å². The van der Waals surface area contributed by atoms with Crippen LogP contribution in [0.25, 0.3) is 0 Å². The summed E-state index contributed by atoms with van der Waals surface area (Å²) in [4.78, 5) is 14.0. The second-order valence-corrected chi connectivity index (χ2v) is 7.20. The molecule has 0 N–H and O–H groups in total. The van der Waals surface area contributed by atoms with Crippen molar-refractivity contribution < 1.29 is 4.74 Å². The zero-order chi connectivity index (χ0) is 19.2. The molecule has 0 radical (unpaired) electrons. The molecule has 0 saturated carbocycles. The van der Waals surface area contributed by atoms with Crippen molar-refractivity contribution in [2.45, 2.75) is 26.7 Å². The predicted molar refractivity (Wildman–Crippen MR) is 106 cm³/mol. The largest absolute Gasteiger partial charge is 0.492 e. The van der Waals surface area contributed by atoms with Gasteiger partial charge in [-0.2, -0.15) is 5.26 Å². The van der Waals surface area contributed by atoms with Gasteiger partial charge in [-0.3, -0.25) is 4.90 Å². The first-order valence-corrected chi connectivity index (χ1v) is 9.51. The summed E-state index contributed by atoms with van der Waals surface area (Å²) >= 11 is 0. The van der Waals surface area contributed by atoms with Crippen molar-refractivity contribution in [3.63, 3.8) is 0 Å². The van der Waals surface area contributed by atoms with E-state index < -0.39 is 0 Å². The number of nitrogens with zero attached hydrogens (tertiary/aromatic N) is 5. The highest BCUT2D eigenvalue weighted by molar-refractivity contribution is 5.40. The van der Waals surface area contributed by atoms with E-state index in [2.05, 4.69) is 40.8 Å². The highest BCUT2D eigenvalue weighted by Gasteiger charge is 2.19. The van der Waals surface area contributed by atoms with Crippen LogP contribution >= 0.6 is 0 Å². The molecule has 1 aromatic heterocycles. The van der Waals surface area contributed by atoms with Crippen LogP contribution in [0.15, 0.2) is 30.3 Å². The number of piperazine rings is 1. The molecule has 0 atom stereocenters. The number of rotatable bonds is 6. The minimum absolute atomic E-state index is 0.335. The van der Waals surface area contributed by atoms with Crippen molar-refractivity contribution in [1.82, 2.24) is 14.9 Å². The molecular weight excluding hydrogens is 338 g/mol. The van der Waals surface area contributed by atoms with Crippen LogP contribution in [0, 0.1) is 18.3 Å². The first kappa shape index (κ1) is 19.1. The van der Waals surface area contributed by atoms with Gasteiger partial charge in [0.2, 0.25) is 0 Å². The lowest BCUT2D eigenvalue weighted by Gasteiger charge is -2.35. The molecule has 1 aliphatic heterocycles. The van der Waals surface area contributed by atoms with Gasteiger partial charge in [-0.05, 0) is 25.1 Å². The molecule has 1 aliphatic rings. The topological polar surface area (TPSA) is 65.3 Å². The van der Waals surface area contributed by atoms with Gasteiger partial charge in [0.15, 0.2) is 0 Å². The number of hydrogen-bond donors (Lipinski definition) is 0. The fraction of sp³-hybridized carbons (Fsp3) is 0.476. The lowest BCUT2D eigenvalue weighted by atomic mass is 10.2. The fourth-order valence-electron chi connectivity index (χ4n) is 3.14. The van der Waals surface area contributed by atoms with E-state index in [1.165, 1.54) is 0 Å². The van der Waals surface area contributed by atoms with E-state index in [9.17, 15) is 0 Å². The van der Waals surface area contributed by atoms with Crippen LogP contribution < -0.4 is 9.64 Å². The monoisotopic (exact) mass is 365 g/mol. The molecule has 27 heavy (non-hydrogen) atoms. The number of hydrogen-bond acceptors (Lipinski definition) is 6. The molecule has 0 aliphatic carbocycles. The third kappa shape index (κ3) is 5.18. The van der Waals surface area contributed by atoms with Crippen LogP contribution in [0.2, 0.25) is 0 Å². The quantitative estimate of drug-likeness (QED) is 0.784. The Hall–Kier alpha value is -2.65. The molecule has 0 unspecified atom stereocenters. The van der Waals surface area contributed by atoms with Gasteiger partial charge in [-0.15, -0.1) is 0 Å². The first-order valence-electron chi connectivity index (χ1n) is 9.51. The number of nitriles is 1. The smallest absolute Gasteiger partial charge is 0.133 e. The van der Waals surface area contributed by atoms with Crippen molar-refractivity contribution in [1.29, 1.82) is 5.26 Å². The maximum absolute atomic E-state index is 8.95. The highest BCUT2D eigenvalue weighted by atomic mass is 16.5. The minimum atomic E-state index is 0.335. The van der Waals surface area contributed by atoms with E-state index in [4.69, 9.17) is 15.0 Å². The van der Waals surface area contributed by atoms with Crippen LogP contribution in [0.5, 0.6) is 5.75 Å². The van der Waals surface area contributed by atoms with E-state index in [0.29, 0.717) is 18.1 Å². The second-order valence-electron chi connectivity index (χ2n) is 7.20. The summed E-state index contributed by atoms with van der Waals surface area (Å²) < 4.78 is 5.79. The molecular formula is C21H27N5O. The summed E-state index contributed by atoms with van der Waals surface area (Å²) in [6.07, 6.45) is 0. The third-order valence-electron chi connectivity index (χ3n) is 4.71. The summed E-state index contributed by atoms with van der Waals surface area (Å²) in [6, 6.07) is 11.5. The number of anilines is 1. The number of aryl methyl sites for hydroxylation is 1. The van der Waals surface area contributed by atoms with E-state index in [0.717, 1.165) is 55.8 Å². The van der Waals surface area contributed by atoms with E-state index in [1.54, 1.807) is 12.1 Å². The normalized spacial score (nSPS) is 15.0. The first-order chi connectivity index (χ1) is 13.0. The standard InChI is InChI=1S/C21H27N5O/c1-16(2)21-23-17(3)13-20(24-21)26-9-7-25(8-10-26)11-12-27-19-6-4-5-18(14-19)15-22/h4-6,13-14,16H,7-12H2,1-3H3. The zero-order valence-corrected chi connectivity index (χ0v) is 16.4. The Kier molecular flexibility index (Phi) is 6.25. The van der Waals surface area contributed by atoms with Crippen molar-refractivity contribution in [3.8, 4) is 11.8 Å². The van der Waals surface area contributed by atoms with Gasteiger partial charge in [-0.1, -0.05) is 19.9 Å². The Balaban J connectivity index is 1.48. The van der Waals surface area contributed by atoms with Crippen LogP contribution in [0.4, 0.5) is 5.82 Å². The molecule has 1 saturated heterocycles.